The molecule has 1 aromatic heterocycles. The number of pyridine rings is 1. The second kappa shape index (κ2) is 12.9. The number of piperazine rings is 1. The van der Waals surface area contributed by atoms with Crippen molar-refractivity contribution in [1.29, 1.82) is 0 Å². The normalized spacial score (nSPS) is 20.9. The third-order valence-corrected chi connectivity index (χ3v) is 9.24. The van der Waals surface area contributed by atoms with Crippen LogP contribution < -0.4 is 9.80 Å². The van der Waals surface area contributed by atoms with Crippen molar-refractivity contribution in [1.82, 2.24) is 9.88 Å². The second-order valence-corrected chi connectivity index (χ2v) is 13.0. The maximum Gasteiger partial charge on any atom is 0.416 e. The van der Waals surface area contributed by atoms with E-state index >= 15 is 0 Å². The van der Waals surface area contributed by atoms with E-state index < -0.39 is 46.2 Å². The van der Waals surface area contributed by atoms with Crippen LogP contribution in [0.2, 0.25) is 0 Å². The number of benzene rings is 2. The van der Waals surface area contributed by atoms with Crippen molar-refractivity contribution in [3.63, 3.8) is 0 Å². The van der Waals surface area contributed by atoms with Gasteiger partial charge in [0.1, 0.15) is 11.6 Å². The lowest BCUT2D eigenvalue weighted by molar-refractivity contribution is -0.143. The number of nitrogens with zero attached hydrogens (tertiary/aromatic N) is 4. The maximum atomic E-state index is 14.2. The number of alkyl halides is 6. The van der Waals surface area contributed by atoms with Gasteiger partial charge in [-0.3, -0.25) is 9.69 Å². The minimum atomic E-state index is -5.09. The second-order valence-electron chi connectivity index (χ2n) is 13.0. The van der Waals surface area contributed by atoms with Crippen molar-refractivity contribution in [3.05, 3.63) is 76.7 Å². The van der Waals surface area contributed by atoms with Crippen molar-refractivity contribution in [2.45, 2.75) is 63.7 Å². The number of aliphatic hydroxyl groups excluding tert-OH is 1. The Balaban J connectivity index is 1.58. The summed E-state index contributed by atoms with van der Waals surface area (Å²) in [6.07, 6.45) is -8.73. The summed E-state index contributed by atoms with van der Waals surface area (Å²) in [4.78, 5) is 24.1. The number of anilines is 2. The highest BCUT2D eigenvalue weighted by molar-refractivity contribution is 6.03. The smallest absolute Gasteiger partial charge is 0.394 e. The highest BCUT2D eigenvalue weighted by Gasteiger charge is 2.42. The van der Waals surface area contributed by atoms with Gasteiger partial charge in [0.15, 0.2) is 0 Å². The molecule has 14 heteroatoms. The van der Waals surface area contributed by atoms with Gasteiger partial charge in [-0.2, -0.15) is 26.3 Å². The molecule has 260 valence electrons. The number of fused-ring (bicyclic) bond motifs is 1. The molecule has 2 aromatic carbocycles. The molecule has 3 atom stereocenters. The van der Waals surface area contributed by atoms with Crippen LogP contribution >= 0.6 is 0 Å². The van der Waals surface area contributed by atoms with E-state index in [1.165, 1.54) is 45.3 Å². The summed E-state index contributed by atoms with van der Waals surface area (Å²) in [6, 6.07) is 6.60. The molecule has 5 rings (SSSR count). The van der Waals surface area contributed by atoms with E-state index in [0.29, 0.717) is 60.9 Å². The average Bonchev–Trinajstić information content (AvgIpc) is 3.02. The standard InChI is InChI=1S/C34H37F7N4O3/c1-19-8-24(35)6-7-27(19)28-12-30(45-16-26-18-48-20(2)14-44(26)15-25(45)17-46)42-13-29(28)43(5)31(47)32(3,4)21-9-22(33(36,37)38)11-23(10-21)34(39,40)41/h6-13,20,25-26,46H,14-18H2,1-5H3/t20?,25-,26-/m0/s1. The van der Waals surface area contributed by atoms with E-state index in [2.05, 4.69) is 9.88 Å². The first-order chi connectivity index (χ1) is 22.3. The van der Waals surface area contributed by atoms with Crippen LogP contribution in [0.1, 0.15) is 43.0 Å². The first-order valence-corrected chi connectivity index (χ1v) is 15.4. The predicted octanol–water partition coefficient (Wildman–Crippen LogP) is 6.44. The molecule has 1 N–H and O–H groups in total. The van der Waals surface area contributed by atoms with Gasteiger partial charge in [0.25, 0.3) is 0 Å². The van der Waals surface area contributed by atoms with E-state index in [9.17, 15) is 40.6 Å². The number of hydrogen-bond acceptors (Lipinski definition) is 6. The van der Waals surface area contributed by atoms with E-state index in [1.54, 1.807) is 13.0 Å². The van der Waals surface area contributed by atoms with Gasteiger partial charge in [0.2, 0.25) is 5.91 Å². The predicted molar refractivity (Wildman–Crippen MR) is 166 cm³/mol. The summed E-state index contributed by atoms with van der Waals surface area (Å²) in [5.41, 5.74) is -3.72. The van der Waals surface area contributed by atoms with Gasteiger partial charge in [0, 0.05) is 32.2 Å². The van der Waals surface area contributed by atoms with Gasteiger partial charge in [0.05, 0.1) is 59.8 Å². The topological polar surface area (TPSA) is 69.1 Å². The number of carbonyl (C=O) groups is 1. The number of hydrogen-bond donors (Lipinski definition) is 1. The van der Waals surface area contributed by atoms with Crippen molar-refractivity contribution >= 4 is 17.4 Å². The molecule has 2 saturated heterocycles. The molecule has 1 unspecified atom stereocenters. The lowest BCUT2D eigenvalue weighted by Crippen LogP contribution is -2.64. The molecular formula is C34H37F7N4O3. The Labute approximate surface area is 273 Å². The monoisotopic (exact) mass is 682 g/mol. The molecule has 0 bridgehead atoms. The van der Waals surface area contributed by atoms with Crippen molar-refractivity contribution in [2.75, 3.05) is 49.7 Å². The Morgan fingerprint density at radius 3 is 2.17 bits per heavy atom. The quantitative estimate of drug-likeness (QED) is 0.302. The number of likely N-dealkylation sites (N-methyl/N-ethyl adjacent to an activating group) is 1. The van der Waals surface area contributed by atoms with Gasteiger partial charge >= 0.3 is 12.4 Å². The van der Waals surface area contributed by atoms with Gasteiger partial charge < -0.3 is 19.6 Å². The van der Waals surface area contributed by atoms with Crippen LogP contribution in [0.15, 0.2) is 48.7 Å². The van der Waals surface area contributed by atoms with E-state index in [1.807, 2.05) is 11.8 Å². The van der Waals surface area contributed by atoms with Gasteiger partial charge in [-0.1, -0.05) is 6.07 Å². The number of morpholine rings is 1. The van der Waals surface area contributed by atoms with Crippen LogP contribution in [-0.2, 0) is 27.3 Å². The number of rotatable bonds is 6. The molecule has 0 spiro atoms. The molecule has 3 heterocycles. The fraction of sp³-hybridized carbons (Fsp3) is 0.471. The number of aryl methyl sites for hydroxylation is 1. The molecule has 2 fully saturated rings. The minimum Gasteiger partial charge on any atom is -0.394 e. The fourth-order valence-electron chi connectivity index (χ4n) is 6.46. The summed E-state index contributed by atoms with van der Waals surface area (Å²) in [5.74, 6) is -0.839. The summed E-state index contributed by atoms with van der Waals surface area (Å²) in [5, 5.41) is 10.3. The van der Waals surface area contributed by atoms with Crippen LogP contribution in [0.5, 0.6) is 0 Å². The third kappa shape index (κ3) is 7.01. The van der Waals surface area contributed by atoms with Gasteiger partial charge in [-0.05, 0) is 80.8 Å². The largest absolute Gasteiger partial charge is 0.416 e. The summed E-state index contributed by atoms with van der Waals surface area (Å²) in [7, 11) is 1.36. The van der Waals surface area contributed by atoms with Crippen LogP contribution in [0.25, 0.3) is 11.1 Å². The average molecular weight is 683 g/mol. The van der Waals surface area contributed by atoms with E-state index in [0.717, 1.165) is 4.90 Å². The highest BCUT2D eigenvalue weighted by atomic mass is 19.4. The highest BCUT2D eigenvalue weighted by Crippen LogP contribution is 2.41. The van der Waals surface area contributed by atoms with Crippen LogP contribution in [0.3, 0.4) is 0 Å². The van der Waals surface area contributed by atoms with Crippen LogP contribution in [0, 0.1) is 12.7 Å². The number of ether oxygens (including phenoxy) is 1. The Morgan fingerprint density at radius 1 is 0.958 bits per heavy atom. The molecule has 3 aromatic rings. The van der Waals surface area contributed by atoms with Crippen LogP contribution in [-0.4, -0.2) is 79.0 Å². The number of aliphatic hydroxyl groups is 1. The summed E-state index contributed by atoms with van der Waals surface area (Å²) >= 11 is 0. The van der Waals surface area contributed by atoms with E-state index in [4.69, 9.17) is 4.74 Å². The first-order valence-electron chi connectivity index (χ1n) is 15.4. The van der Waals surface area contributed by atoms with E-state index in [-0.39, 0.29) is 36.5 Å². The van der Waals surface area contributed by atoms with Crippen molar-refractivity contribution in [2.24, 2.45) is 0 Å². The van der Waals surface area contributed by atoms with Gasteiger partial charge in [-0.15, -0.1) is 0 Å². The number of halogens is 7. The molecular weight excluding hydrogens is 645 g/mol. The molecule has 2 aliphatic heterocycles. The molecule has 48 heavy (non-hydrogen) atoms. The maximum absolute atomic E-state index is 14.2. The van der Waals surface area contributed by atoms with Crippen molar-refractivity contribution in [3.8, 4) is 11.1 Å². The first kappa shape index (κ1) is 35.6. The Kier molecular flexibility index (Phi) is 9.58. The SMILES string of the molecule is Cc1cc(F)ccc1-c1cc(N2C[C@H]3COC(C)CN3C[C@H]2CO)ncc1N(C)C(=O)C(C)(C)c1cc(C(F)(F)F)cc(C(F)(F)F)c1. The Morgan fingerprint density at radius 2 is 1.58 bits per heavy atom. The molecule has 2 aliphatic rings. The molecule has 0 aliphatic carbocycles. The third-order valence-electron chi connectivity index (χ3n) is 9.24. The molecule has 0 saturated carbocycles. The van der Waals surface area contributed by atoms with Gasteiger partial charge in [-0.25, -0.2) is 9.37 Å². The zero-order chi connectivity index (χ0) is 35.3. The molecule has 1 amide bonds. The summed E-state index contributed by atoms with van der Waals surface area (Å²) in [6.45, 7) is 8.21. The summed E-state index contributed by atoms with van der Waals surface area (Å²) < 4.78 is 102. The molecule has 0 radical (unpaired) electrons. The Hall–Kier alpha value is -3.75. The number of amides is 1. The number of carbonyl (C=O) groups excluding carboxylic acids is 1. The van der Waals surface area contributed by atoms with Crippen LogP contribution in [0.4, 0.5) is 42.2 Å². The molecule has 7 nitrogen and oxygen atoms in total. The lowest BCUT2D eigenvalue weighted by atomic mass is 9.81. The lowest BCUT2D eigenvalue weighted by Gasteiger charge is -2.49. The zero-order valence-electron chi connectivity index (χ0n) is 27.1. The fourth-order valence-corrected chi connectivity index (χ4v) is 6.46. The Bertz CT molecular complexity index is 1650. The number of aromatic nitrogens is 1. The minimum absolute atomic E-state index is 0.0192. The van der Waals surface area contributed by atoms with Crippen molar-refractivity contribution < 1.29 is 45.4 Å². The zero-order valence-corrected chi connectivity index (χ0v) is 27.1.